The molecule has 104 valence electrons. The molecule has 0 unspecified atom stereocenters. The standard InChI is InChI=1S/C15H18N4O/c1-20-19-14(11-6-3-2-4-7-11)13-10-17-12-8-5-9-16-15(12)18-13/h2-9,13-14,17,19H,10H2,1H3,(H,16,18)/t13-,14-/m1/s1. The van der Waals surface area contributed by atoms with Gasteiger partial charge in [0, 0.05) is 12.7 Å². The molecule has 0 aliphatic carbocycles. The number of hydrogen-bond acceptors (Lipinski definition) is 5. The lowest BCUT2D eigenvalue weighted by atomic mass is 9.98. The molecule has 2 heterocycles. The Balaban J connectivity index is 1.83. The number of nitrogens with zero attached hydrogens (tertiary/aromatic N) is 1. The molecule has 0 fully saturated rings. The molecule has 0 saturated carbocycles. The Labute approximate surface area is 118 Å². The third kappa shape index (κ3) is 2.59. The fourth-order valence-corrected chi connectivity index (χ4v) is 2.48. The highest BCUT2D eigenvalue weighted by Gasteiger charge is 2.27. The van der Waals surface area contributed by atoms with Gasteiger partial charge >= 0.3 is 0 Å². The van der Waals surface area contributed by atoms with Crippen LogP contribution in [0.15, 0.2) is 48.7 Å². The summed E-state index contributed by atoms with van der Waals surface area (Å²) in [5.41, 5.74) is 5.28. The molecule has 20 heavy (non-hydrogen) atoms. The summed E-state index contributed by atoms with van der Waals surface area (Å²) in [7, 11) is 1.64. The summed E-state index contributed by atoms with van der Waals surface area (Å²) >= 11 is 0. The number of benzene rings is 1. The molecule has 0 saturated heterocycles. The van der Waals surface area contributed by atoms with E-state index in [-0.39, 0.29) is 12.1 Å². The van der Waals surface area contributed by atoms with Gasteiger partial charge in [0.05, 0.1) is 24.9 Å². The SMILES string of the molecule is CON[C@H](c1ccccc1)[C@H]1CNc2cccnc2N1. The van der Waals surface area contributed by atoms with Crippen molar-refractivity contribution in [3.8, 4) is 0 Å². The van der Waals surface area contributed by atoms with Crippen molar-refractivity contribution in [3.05, 3.63) is 54.2 Å². The molecule has 1 aliphatic rings. The minimum Gasteiger partial charge on any atom is -0.380 e. The van der Waals surface area contributed by atoms with Crippen molar-refractivity contribution < 1.29 is 4.84 Å². The molecule has 5 nitrogen and oxygen atoms in total. The van der Waals surface area contributed by atoms with Gasteiger partial charge in [-0.3, -0.25) is 0 Å². The predicted octanol–water partition coefficient (Wildman–Crippen LogP) is 2.18. The van der Waals surface area contributed by atoms with Crippen molar-refractivity contribution >= 4 is 11.5 Å². The number of hydroxylamine groups is 1. The van der Waals surface area contributed by atoms with Gasteiger partial charge in [-0.25, -0.2) is 4.98 Å². The van der Waals surface area contributed by atoms with E-state index in [4.69, 9.17) is 4.84 Å². The zero-order valence-corrected chi connectivity index (χ0v) is 11.3. The van der Waals surface area contributed by atoms with E-state index in [1.807, 2.05) is 30.3 Å². The van der Waals surface area contributed by atoms with Crippen molar-refractivity contribution in [1.82, 2.24) is 10.5 Å². The molecule has 3 N–H and O–H groups in total. The number of hydrogen-bond donors (Lipinski definition) is 3. The Hall–Kier alpha value is -2.11. The third-order valence-corrected chi connectivity index (χ3v) is 3.45. The first-order chi connectivity index (χ1) is 9.88. The highest BCUT2D eigenvalue weighted by molar-refractivity contribution is 5.66. The van der Waals surface area contributed by atoms with Crippen molar-refractivity contribution in [1.29, 1.82) is 0 Å². The van der Waals surface area contributed by atoms with Crippen molar-refractivity contribution in [2.24, 2.45) is 0 Å². The average Bonchev–Trinajstić information content (AvgIpc) is 2.53. The zero-order chi connectivity index (χ0) is 13.8. The summed E-state index contributed by atoms with van der Waals surface area (Å²) in [6.07, 6.45) is 1.79. The molecular weight excluding hydrogens is 252 g/mol. The molecule has 1 aliphatic heterocycles. The second kappa shape index (κ2) is 5.90. The van der Waals surface area contributed by atoms with Gasteiger partial charge in [0.1, 0.15) is 5.82 Å². The summed E-state index contributed by atoms with van der Waals surface area (Å²) in [6, 6.07) is 14.4. The summed E-state index contributed by atoms with van der Waals surface area (Å²) in [4.78, 5) is 9.52. The largest absolute Gasteiger partial charge is 0.380 e. The van der Waals surface area contributed by atoms with E-state index in [0.717, 1.165) is 18.1 Å². The summed E-state index contributed by atoms with van der Waals surface area (Å²) in [5, 5.41) is 6.87. The van der Waals surface area contributed by atoms with Gasteiger partial charge in [0.2, 0.25) is 0 Å². The molecule has 0 amide bonds. The number of anilines is 2. The van der Waals surface area contributed by atoms with Crippen LogP contribution in [0, 0.1) is 0 Å². The minimum absolute atomic E-state index is 0.0452. The maximum absolute atomic E-state index is 5.16. The fraction of sp³-hybridized carbons (Fsp3) is 0.267. The van der Waals surface area contributed by atoms with Crippen LogP contribution in [-0.2, 0) is 4.84 Å². The van der Waals surface area contributed by atoms with Crippen LogP contribution < -0.4 is 16.1 Å². The molecule has 1 aromatic carbocycles. The van der Waals surface area contributed by atoms with E-state index < -0.39 is 0 Å². The van der Waals surface area contributed by atoms with Crippen LogP contribution >= 0.6 is 0 Å². The fourth-order valence-electron chi connectivity index (χ4n) is 2.48. The lowest BCUT2D eigenvalue weighted by Crippen LogP contribution is -2.43. The van der Waals surface area contributed by atoms with E-state index in [1.54, 1.807) is 13.3 Å². The Bertz CT molecular complexity index is 561. The van der Waals surface area contributed by atoms with Crippen LogP contribution in [0.3, 0.4) is 0 Å². The number of nitrogens with one attached hydrogen (secondary N) is 3. The predicted molar refractivity (Wildman–Crippen MR) is 79.5 cm³/mol. The van der Waals surface area contributed by atoms with Crippen LogP contribution in [0.4, 0.5) is 11.5 Å². The monoisotopic (exact) mass is 270 g/mol. The molecule has 0 bridgehead atoms. The van der Waals surface area contributed by atoms with E-state index >= 15 is 0 Å². The quantitative estimate of drug-likeness (QED) is 0.743. The number of fused-ring (bicyclic) bond motifs is 1. The first-order valence-electron chi connectivity index (χ1n) is 6.67. The Morgan fingerprint density at radius 3 is 2.90 bits per heavy atom. The second-order valence-electron chi connectivity index (χ2n) is 4.74. The lowest BCUT2D eigenvalue weighted by Gasteiger charge is -2.33. The smallest absolute Gasteiger partial charge is 0.149 e. The van der Waals surface area contributed by atoms with Gasteiger partial charge in [-0.15, -0.1) is 0 Å². The maximum atomic E-state index is 5.16. The maximum Gasteiger partial charge on any atom is 0.149 e. The Kier molecular flexibility index (Phi) is 3.80. The van der Waals surface area contributed by atoms with Gasteiger partial charge in [0.15, 0.2) is 0 Å². The first kappa shape index (κ1) is 12.9. The van der Waals surface area contributed by atoms with Gasteiger partial charge in [-0.1, -0.05) is 30.3 Å². The van der Waals surface area contributed by atoms with Gasteiger partial charge < -0.3 is 15.5 Å². The molecule has 1 aromatic heterocycles. The molecule has 0 radical (unpaired) electrons. The van der Waals surface area contributed by atoms with E-state index in [1.165, 1.54) is 5.56 Å². The molecule has 5 heteroatoms. The molecular formula is C15H18N4O. The lowest BCUT2D eigenvalue weighted by molar-refractivity contribution is 0.0553. The van der Waals surface area contributed by atoms with Crippen LogP contribution in [0.1, 0.15) is 11.6 Å². The first-order valence-corrected chi connectivity index (χ1v) is 6.67. The van der Waals surface area contributed by atoms with E-state index in [9.17, 15) is 0 Å². The zero-order valence-electron chi connectivity index (χ0n) is 11.3. The summed E-state index contributed by atoms with van der Waals surface area (Å²) in [6.45, 7) is 0.800. The second-order valence-corrected chi connectivity index (χ2v) is 4.74. The Morgan fingerprint density at radius 1 is 1.25 bits per heavy atom. The van der Waals surface area contributed by atoms with Crippen LogP contribution in [0.25, 0.3) is 0 Å². The summed E-state index contributed by atoms with van der Waals surface area (Å²) < 4.78 is 0. The van der Waals surface area contributed by atoms with Gasteiger partial charge in [-0.2, -0.15) is 5.48 Å². The normalized spacial score (nSPS) is 18.6. The summed E-state index contributed by atoms with van der Waals surface area (Å²) in [5.74, 6) is 0.877. The van der Waals surface area contributed by atoms with Crippen LogP contribution in [0.2, 0.25) is 0 Å². The highest BCUT2D eigenvalue weighted by atomic mass is 16.6. The number of rotatable bonds is 4. The highest BCUT2D eigenvalue weighted by Crippen LogP contribution is 2.28. The number of aromatic nitrogens is 1. The van der Waals surface area contributed by atoms with Crippen molar-refractivity contribution in [2.45, 2.75) is 12.1 Å². The molecule has 3 rings (SSSR count). The topological polar surface area (TPSA) is 58.2 Å². The average molecular weight is 270 g/mol. The molecule has 2 aromatic rings. The van der Waals surface area contributed by atoms with E-state index in [0.29, 0.717) is 0 Å². The van der Waals surface area contributed by atoms with Crippen molar-refractivity contribution in [2.75, 3.05) is 24.3 Å². The van der Waals surface area contributed by atoms with Gasteiger partial charge in [0.25, 0.3) is 0 Å². The van der Waals surface area contributed by atoms with Gasteiger partial charge in [-0.05, 0) is 17.7 Å². The number of pyridine rings is 1. The molecule has 2 atom stereocenters. The minimum atomic E-state index is 0.0452. The third-order valence-electron chi connectivity index (χ3n) is 3.45. The Morgan fingerprint density at radius 2 is 2.10 bits per heavy atom. The van der Waals surface area contributed by atoms with E-state index in [2.05, 4.69) is 33.2 Å². The van der Waals surface area contributed by atoms with Crippen molar-refractivity contribution in [3.63, 3.8) is 0 Å². The molecule has 0 spiro atoms. The van der Waals surface area contributed by atoms with Crippen LogP contribution in [0.5, 0.6) is 0 Å². The van der Waals surface area contributed by atoms with Crippen LogP contribution in [-0.4, -0.2) is 24.7 Å².